The first-order chi connectivity index (χ1) is 9.58. The zero-order chi connectivity index (χ0) is 14.3. The van der Waals surface area contributed by atoms with Gasteiger partial charge in [-0.15, -0.1) is 0 Å². The Labute approximate surface area is 123 Å². The fourth-order valence-corrected chi connectivity index (χ4v) is 2.66. The molecule has 0 spiro atoms. The van der Waals surface area contributed by atoms with E-state index in [-0.39, 0.29) is 0 Å². The first-order valence-corrected chi connectivity index (χ1v) is 6.86. The number of benzene rings is 2. The Bertz CT molecular complexity index is 809. The topological polar surface area (TPSA) is 38.9 Å². The molecular weight excluding hydrogens is 268 g/mol. The molecule has 0 saturated heterocycles. The number of nitrogens with two attached hydrogens (primary N) is 1. The van der Waals surface area contributed by atoms with Crippen molar-refractivity contribution in [2.45, 2.75) is 13.8 Å². The van der Waals surface area contributed by atoms with Crippen molar-refractivity contribution in [3.8, 4) is 11.1 Å². The van der Waals surface area contributed by atoms with Crippen LogP contribution in [0.25, 0.3) is 22.0 Å². The van der Waals surface area contributed by atoms with Gasteiger partial charge in [0, 0.05) is 21.5 Å². The van der Waals surface area contributed by atoms with Gasteiger partial charge in [0.05, 0.1) is 17.4 Å². The van der Waals surface area contributed by atoms with Crippen molar-refractivity contribution in [2.75, 3.05) is 5.73 Å². The second-order valence-corrected chi connectivity index (χ2v) is 5.43. The van der Waals surface area contributed by atoms with Crippen LogP contribution in [0.3, 0.4) is 0 Å². The Balaban J connectivity index is 2.43. The quantitative estimate of drug-likeness (QED) is 0.699. The molecule has 3 rings (SSSR count). The van der Waals surface area contributed by atoms with E-state index in [2.05, 4.69) is 31.0 Å². The smallest absolute Gasteiger partial charge is 0.0712 e. The molecule has 0 saturated carbocycles. The van der Waals surface area contributed by atoms with Crippen molar-refractivity contribution < 1.29 is 0 Å². The normalized spacial score (nSPS) is 10.9. The molecule has 1 aromatic heterocycles. The van der Waals surface area contributed by atoms with Gasteiger partial charge in [-0.1, -0.05) is 29.8 Å². The maximum absolute atomic E-state index is 6.33. The van der Waals surface area contributed by atoms with E-state index in [1.165, 1.54) is 11.1 Å². The van der Waals surface area contributed by atoms with Crippen molar-refractivity contribution in [3.63, 3.8) is 0 Å². The highest BCUT2D eigenvalue weighted by Gasteiger charge is 2.12. The highest BCUT2D eigenvalue weighted by Crippen LogP contribution is 2.37. The van der Waals surface area contributed by atoms with Gasteiger partial charge in [0.25, 0.3) is 0 Å². The number of hydrogen-bond acceptors (Lipinski definition) is 2. The standard InChI is InChI=1S/C17H15ClN2/c1-10-7-13-16(8-11(10)2)20-9-15(19)17(13)12-5-3-4-6-14(12)18/h3-9H,19H2,1-2H3. The monoisotopic (exact) mass is 282 g/mol. The van der Waals surface area contributed by atoms with E-state index in [9.17, 15) is 0 Å². The van der Waals surface area contributed by atoms with Crippen LogP contribution in [0.2, 0.25) is 5.02 Å². The van der Waals surface area contributed by atoms with Crippen molar-refractivity contribution in [1.82, 2.24) is 4.98 Å². The fraction of sp³-hybridized carbons (Fsp3) is 0.118. The first kappa shape index (κ1) is 12.9. The molecule has 0 amide bonds. The van der Waals surface area contributed by atoms with Crippen LogP contribution in [0.5, 0.6) is 0 Å². The number of halogens is 1. The number of aryl methyl sites for hydroxylation is 2. The van der Waals surface area contributed by atoms with Crippen LogP contribution in [-0.2, 0) is 0 Å². The predicted molar refractivity (Wildman–Crippen MR) is 86.1 cm³/mol. The minimum absolute atomic E-state index is 0.647. The number of hydrogen-bond donors (Lipinski definition) is 1. The number of rotatable bonds is 1. The summed E-state index contributed by atoms with van der Waals surface area (Å²) in [6.07, 6.45) is 1.70. The zero-order valence-electron chi connectivity index (χ0n) is 11.4. The molecule has 3 heteroatoms. The largest absolute Gasteiger partial charge is 0.397 e. The van der Waals surface area contributed by atoms with Gasteiger partial charge in [-0.25, -0.2) is 0 Å². The van der Waals surface area contributed by atoms with Gasteiger partial charge in [-0.3, -0.25) is 4.98 Å². The van der Waals surface area contributed by atoms with Crippen LogP contribution in [0.4, 0.5) is 5.69 Å². The summed E-state index contributed by atoms with van der Waals surface area (Å²) in [5.74, 6) is 0. The van der Waals surface area contributed by atoms with Gasteiger partial charge in [0.15, 0.2) is 0 Å². The lowest BCUT2D eigenvalue weighted by molar-refractivity contribution is 1.33. The molecule has 2 nitrogen and oxygen atoms in total. The fourth-order valence-electron chi connectivity index (χ4n) is 2.43. The van der Waals surface area contributed by atoms with E-state index in [0.29, 0.717) is 10.7 Å². The van der Waals surface area contributed by atoms with Gasteiger partial charge in [0.2, 0.25) is 0 Å². The Hall–Kier alpha value is -2.06. The molecule has 0 radical (unpaired) electrons. The molecule has 2 N–H and O–H groups in total. The minimum Gasteiger partial charge on any atom is -0.397 e. The Morgan fingerprint density at radius 2 is 1.75 bits per heavy atom. The van der Waals surface area contributed by atoms with Crippen molar-refractivity contribution in [2.24, 2.45) is 0 Å². The van der Waals surface area contributed by atoms with Crippen LogP contribution in [0, 0.1) is 13.8 Å². The number of anilines is 1. The maximum atomic E-state index is 6.33. The molecule has 0 unspecified atom stereocenters. The summed E-state index contributed by atoms with van der Waals surface area (Å²) >= 11 is 6.33. The summed E-state index contributed by atoms with van der Waals surface area (Å²) in [6.45, 7) is 4.18. The van der Waals surface area contributed by atoms with E-state index in [4.69, 9.17) is 17.3 Å². The number of aromatic nitrogens is 1. The van der Waals surface area contributed by atoms with Crippen molar-refractivity contribution >= 4 is 28.2 Å². The van der Waals surface area contributed by atoms with E-state index in [1.807, 2.05) is 24.3 Å². The summed E-state index contributed by atoms with van der Waals surface area (Å²) in [6, 6.07) is 12.0. The molecule has 0 atom stereocenters. The number of pyridine rings is 1. The molecular formula is C17H15ClN2. The Kier molecular flexibility index (Phi) is 3.11. The molecule has 20 heavy (non-hydrogen) atoms. The van der Waals surface area contributed by atoms with Gasteiger partial charge in [-0.05, 0) is 43.2 Å². The van der Waals surface area contributed by atoms with Crippen LogP contribution in [0.1, 0.15) is 11.1 Å². The SMILES string of the molecule is Cc1cc2ncc(N)c(-c3ccccc3Cl)c2cc1C. The third-order valence-electron chi connectivity index (χ3n) is 3.66. The molecule has 3 aromatic rings. The average Bonchev–Trinajstić information content (AvgIpc) is 2.42. The van der Waals surface area contributed by atoms with Gasteiger partial charge in [-0.2, -0.15) is 0 Å². The molecule has 0 bridgehead atoms. The van der Waals surface area contributed by atoms with Crippen LogP contribution in [0.15, 0.2) is 42.6 Å². The van der Waals surface area contributed by atoms with Crippen LogP contribution >= 0.6 is 11.6 Å². The summed E-state index contributed by atoms with van der Waals surface area (Å²) in [5, 5.41) is 1.74. The van der Waals surface area contributed by atoms with E-state index >= 15 is 0 Å². The van der Waals surface area contributed by atoms with E-state index in [0.717, 1.165) is 22.0 Å². The average molecular weight is 283 g/mol. The molecule has 0 fully saturated rings. The molecule has 2 aromatic carbocycles. The van der Waals surface area contributed by atoms with Crippen molar-refractivity contribution in [1.29, 1.82) is 0 Å². The minimum atomic E-state index is 0.647. The van der Waals surface area contributed by atoms with E-state index in [1.54, 1.807) is 6.20 Å². The van der Waals surface area contributed by atoms with Crippen molar-refractivity contribution in [3.05, 3.63) is 58.7 Å². The number of nitrogens with zero attached hydrogens (tertiary/aromatic N) is 1. The Morgan fingerprint density at radius 1 is 1.05 bits per heavy atom. The third kappa shape index (κ3) is 2.02. The Morgan fingerprint density at radius 3 is 2.50 bits per heavy atom. The highest BCUT2D eigenvalue weighted by molar-refractivity contribution is 6.34. The van der Waals surface area contributed by atoms with Gasteiger partial charge in [0.1, 0.15) is 0 Å². The maximum Gasteiger partial charge on any atom is 0.0712 e. The molecule has 100 valence electrons. The summed E-state index contributed by atoms with van der Waals surface area (Å²) in [4.78, 5) is 4.43. The molecule has 0 aliphatic heterocycles. The summed E-state index contributed by atoms with van der Waals surface area (Å²) in [7, 11) is 0. The first-order valence-electron chi connectivity index (χ1n) is 6.48. The summed E-state index contributed by atoms with van der Waals surface area (Å²) < 4.78 is 0. The highest BCUT2D eigenvalue weighted by atomic mass is 35.5. The molecule has 1 heterocycles. The third-order valence-corrected chi connectivity index (χ3v) is 3.99. The lowest BCUT2D eigenvalue weighted by Crippen LogP contribution is -1.95. The van der Waals surface area contributed by atoms with Gasteiger partial charge < -0.3 is 5.73 Å². The van der Waals surface area contributed by atoms with Crippen LogP contribution < -0.4 is 5.73 Å². The predicted octanol–water partition coefficient (Wildman–Crippen LogP) is 4.75. The summed E-state index contributed by atoms with van der Waals surface area (Å²) in [5.41, 5.74) is 12.1. The van der Waals surface area contributed by atoms with Crippen LogP contribution in [-0.4, -0.2) is 4.98 Å². The van der Waals surface area contributed by atoms with Gasteiger partial charge >= 0.3 is 0 Å². The number of nitrogen functional groups attached to an aromatic ring is 1. The number of fused-ring (bicyclic) bond motifs is 1. The zero-order valence-corrected chi connectivity index (χ0v) is 12.2. The molecule has 0 aliphatic carbocycles. The second-order valence-electron chi connectivity index (χ2n) is 5.02. The second kappa shape index (κ2) is 4.80. The lowest BCUT2D eigenvalue weighted by Gasteiger charge is -2.13. The molecule has 0 aliphatic rings. The van der Waals surface area contributed by atoms with E-state index < -0.39 is 0 Å². The lowest BCUT2D eigenvalue weighted by atomic mass is 9.97.